The fourth-order valence-corrected chi connectivity index (χ4v) is 1.83. The molecule has 0 aromatic heterocycles. The minimum absolute atomic E-state index is 0. The number of esters is 2. The van der Waals surface area contributed by atoms with Crippen LogP contribution < -0.4 is 21.5 Å². The van der Waals surface area contributed by atoms with Gasteiger partial charge in [-0.1, -0.05) is 6.07 Å². The predicted octanol–water partition coefficient (Wildman–Crippen LogP) is -0.574. The first-order valence-electron chi connectivity index (χ1n) is 7.47. The van der Waals surface area contributed by atoms with Crippen molar-refractivity contribution in [1.82, 2.24) is 5.32 Å². The molecule has 0 heterocycles. The summed E-state index contributed by atoms with van der Waals surface area (Å²) < 4.78 is 9.59. The van der Waals surface area contributed by atoms with Gasteiger partial charge in [-0.15, -0.1) is 0 Å². The van der Waals surface area contributed by atoms with E-state index in [4.69, 9.17) is 21.6 Å². The van der Waals surface area contributed by atoms with Gasteiger partial charge in [0.25, 0.3) is 0 Å². The third-order valence-corrected chi connectivity index (χ3v) is 3.13. The third-order valence-electron chi connectivity index (χ3n) is 3.13. The molecule has 138 valence electrons. The fraction of sp³-hybridized carbons (Fsp3) is 0.312. The summed E-state index contributed by atoms with van der Waals surface area (Å²) in [5.74, 6) is -1.62. The number of hydrogen-bond donors (Lipinski definition) is 5. The molecule has 0 saturated carbocycles. The number of carbonyl (C=O) groups is 2. The van der Waals surface area contributed by atoms with Crippen molar-refractivity contribution in [2.24, 2.45) is 11.5 Å². The van der Waals surface area contributed by atoms with Crippen LogP contribution in [0.15, 0.2) is 24.3 Å². The first-order valence-corrected chi connectivity index (χ1v) is 7.47. The molecule has 0 bridgehead atoms. The summed E-state index contributed by atoms with van der Waals surface area (Å²) in [5, 5.41) is 19.0. The van der Waals surface area contributed by atoms with E-state index in [2.05, 4.69) is 10.1 Å². The van der Waals surface area contributed by atoms with Gasteiger partial charge in [-0.3, -0.25) is 5.41 Å². The zero-order chi connectivity index (χ0) is 18.8. The molecule has 7 N–H and O–H groups in total. The predicted molar refractivity (Wildman–Crippen MR) is 99.1 cm³/mol. The molecule has 0 spiro atoms. The van der Waals surface area contributed by atoms with E-state index >= 15 is 0 Å². The number of rotatable bonds is 8. The van der Waals surface area contributed by atoms with Gasteiger partial charge in [-0.2, -0.15) is 0 Å². The number of guanidine groups is 1. The normalized spacial score (nSPS) is 11.3. The molecule has 10 heteroatoms. The molecule has 0 aliphatic carbocycles. The summed E-state index contributed by atoms with van der Waals surface area (Å²) >= 11 is 0. The Morgan fingerprint density at radius 3 is 2.73 bits per heavy atom. The van der Waals surface area contributed by atoms with E-state index < -0.39 is 18.0 Å². The number of hydrogen-bond acceptors (Lipinski definition) is 7. The summed E-state index contributed by atoms with van der Waals surface area (Å²) in [6, 6.07) is 3.56. The van der Waals surface area contributed by atoms with Crippen LogP contribution in [-0.2, 0) is 14.3 Å². The van der Waals surface area contributed by atoms with Gasteiger partial charge in [-0.25, -0.2) is 9.59 Å². The zero-order valence-corrected chi connectivity index (χ0v) is 13.8. The molecule has 0 unspecified atom stereocenters. The Labute approximate surface area is 173 Å². The molecule has 0 fully saturated rings. The second kappa shape index (κ2) is 12.3. The van der Waals surface area contributed by atoms with Crippen LogP contribution >= 0.6 is 0 Å². The van der Waals surface area contributed by atoms with Gasteiger partial charge in [0.1, 0.15) is 6.04 Å². The molecule has 1 atom stereocenters. The molecule has 0 aliphatic heterocycles. The first-order chi connectivity index (χ1) is 11.8. The number of ether oxygens (including phenoxy) is 2. The van der Waals surface area contributed by atoms with Crippen molar-refractivity contribution in [3.63, 3.8) is 0 Å². The van der Waals surface area contributed by atoms with E-state index in [0.29, 0.717) is 18.5 Å². The van der Waals surface area contributed by atoms with Gasteiger partial charge in [0.2, 0.25) is 0 Å². The Morgan fingerprint density at radius 1 is 1.42 bits per heavy atom. The number of phenols is 1. The molecule has 0 aliphatic rings. The van der Waals surface area contributed by atoms with Crippen LogP contribution in [0.1, 0.15) is 18.4 Å². The molecule has 0 radical (unpaired) electrons. The number of benzene rings is 1. The molecule has 26 heavy (non-hydrogen) atoms. The summed E-state index contributed by atoms with van der Waals surface area (Å²) in [4.78, 5) is 23.3. The van der Waals surface area contributed by atoms with E-state index in [-0.39, 0.29) is 53.4 Å². The number of carbonyl (C=O) groups excluding carboxylic acids is 2. The maximum atomic E-state index is 11.7. The van der Waals surface area contributed by atoms with Crippen molar-refractivity contribution in [3.05, 3.63) is 29.8 Å². The van der Waals surface area contributed by atoms with Crippen molar-refractivity contribution in [3.8, 4) is 11.5 Å². The van der Waals surface area contributed by atoms with Crippen molar-refractivity contribution >= 4 is 53.5 Å². The molecule has 9 nitrogen and oxygen atoms in total. The van der Waals surface area contributed by atoms with Crippen molar-refractivity contribution in [2.45, 2.75) is 18.9 Å². The Bertz CT molecular complexity index is 666. The van der Waals surface area contributed by atoms with Crippen molar-refractivity contribution in [2.75, 3.05) is 13.7 Å². The van der Waals surface area contributed by atoms with Gasteiger partial charge in [0.05, 0.1) is 7.11 Å². The summed E-state index contributed by atoms with van der Waals surface area (Å²) in [6.07, 6.45) is 3.27. The fourth-order valence-electron chi connectivity index (χ4n) is 1.83. The second-order valence-electron chi connectivity index (χ2n) is 5.09. The topological polar surface area (TPSA) is 161 Å². The van der Waals surface area contributed by atoms with Crippen molar-refractivity contribution in [1.29, 1.82) is 5.41 Å². The number of aromatic hydroxyl groups is 1. The summed E-state index contributed by atoms with van der Waals surface area (Å²) in [6.45, 7) is 0.396. The number of nitrogens with one attached hydrogen (secondary N) is 2. The number of methoxy groups -OCH3 is 1. The quantitative estimate of drug-likeness (QED) is 0.0768. The average Bonchev–Trinajstić information content (AvgIpc) is 2.57. The molecular weight excluding hydrogens is 351 g/mol. The maximum absolute atomic E-state index is 11.7. The van der Waals surface area contributed by atoms with Gasteiger partial charge >= 0.3 is 41.5 Å². The molecule has 1 aromatic rings. The van der Waals surface area contributed by atoms with Gasteiger partial charge < -0.3 is 31.4 Å². The van der Waals surface area contributed by atoms with Crippen molar-refractivity contribution < 1.29 is 24.2 Å². The van der Waals surface area contributed by atoms with E-state index in [1.54, 1.807) is 6.07 Å². The second-order valence-corrected chi connectivity index (χ2v) is 5.09. The Morgan fingerprint density at radius 2 is 2.12 bits per heavy atom. The van der Waals surface area contributed by atoms with Crippen LogP contribution in [0, 0.1) is 5.41 Å². The Balaban J connectivity index is 0.00000625. The van der Waals surface area contributed by atoms with Crippen LogP contribution in [0.5, 0.6) is 11.5 Å². The molecule has 1 rings (SSSR count). The molecule has 0 saturated heterocycles. The van der Waals surface area contributed by atoms with Crippen LogP contribution in [0.25, 0.3) is 6.08 Å². The number of phenolic OH excluding ortho intramolecular Hbond substituents is 1. The zero-order valence-electron chi connectivity index (χ0n) is 13.8. The Kier molecular flexibility index (Phi) is 11.3. The van der Waals surface area contributed by atoms with E-state index in [9.17, 15) is 14.7 Å². The molecular formula is C16H23N4NaO5. The van der Waals surface area contributed by atoms with Crippen LogP contribution in [0.2, 0.25) is 0 Å². The summed E-state index contributed by atoms with van der Waals surface area (Å²) in [5.41, 5.74) is 11.3. The van der Waals surface area contributed by atoms with Crippen LogP contribution in [-0.4, -0.2) is 72.3 Å². The molecule has 1 aromatic carbocycles. The number of nitrogens with two attached hydrogens (primary N) is 2. The molecule has 0 amide bonds. The average molecular weight is 374 g/mol. The minimum atomic E-state index is -0.945. The third kappa shape index (κ3) is 8.86. The van der Waals surface area contributed by atoms with E-state index in [0.717, 1.165) is 6.08 Å². The standard InChI is InChI=1S/C16H22N4O5.Na.H/c1-24-13-9-10(4-6-12(13)21)5-7-14(22)25-15(23)11(17)3-2-8-20-16(18)19;;/h4-7,9,11,21H,2-3,8,17H2,1H3,(H4,18,19,20);;/t11-;;/m0../s1. The van der Waals surface area contributed by atoms with E-state index in [1.807, 2.05) is 0 Å². The van der Waals surface area contributed by atoms with Gasteiger partial charge in [0.15, 0.2) is 17.5 Å². The van der Waals surface area contributed by atoms with E-state index in [1.165, 1.54) is 25.3 Å². The SMILES string of the molecule is COc1cc(C=CC(=O)OC(=O)[C@@H](N)CCCNC(=N)N)ccc1O.[NaH]. The van der Waals surface area contributed by atoms with Crippen LogP contribution in [0.4, 0.5) is 0 Å². The van der Waals surface area contributed by atoms with Gasteiger partial charge in [0, 0.05) is 12.6 Å². The van der Waals surface area contributed by atoms with Crippen LogP contribution in [0.3, 0.4) is 0 Å². The Hall–Kier alpha value is -2.07. The first kappa shape index (κ1) is 23.9. The summed E-state index contributed by atoms with van der Waals surface area (Å²) in [7, 11) is 1.41. The monoisotopic (exact) mass is 374 g/mol. The van der Waals surface area contributed by atoms with Gasteiger partial charge in [-0.05, 0) is 36.6 Å².